The molecule has 1 aliphatic heterocycles. The number of anilines is 1. The molecule has 0 bridgehead atoms. The topological polar surface area (TPSA) is 79.0 Å². The molecule has 4 rings (SSSR count). The minimum atomic E-state index is -0.0234. The molecule has 0 saturated carbocycles. The summed E-state index contributed by atoms with van der Waals surface area (Å²) in [5.74, 6) is 0.768. The number of nitrogens with zero attached hydrogens (tertiary/aromatic N) is 1. The van der Waals surface area contributed by atoms with E-state index in [0.29, 0.717) is 19.6 Å². The van der Waals surface area contributed by atoms with Crippen molar-refractivity contribution in [1.29, 1.82) is 0 Å². The zero-order chi connectivity index (χ0) is 17.1. The van der Waals surface area contributed by atoms with E-state index in [9.17, 15) is 4.79 Å². The molecule has 0 spiro atoms. The van der Waals surface area contributed by atoms with E-state index >= 15 is 0 Å². The number of morpholine rings is 1. The number of carbonyl (C=O) groups excluding carboxylic acids is 1. The molecule has 2 aromatic carbocycles. The smallest absolute Gasteiger partial charge is 0.226 e. The summed E-state index contributed by atoms with van der Waals surface area (Å²) >= 11 is 0. The zero-order valence-electron chi connectivity index (χ0n) is 13.8. The highest BCUT2D eigenvalue weighted by Gasteiger charge is 2.17. The fraction of sp³-hybridized carbons (Fsp3) is 0.263. The van der Waals surface area contributed by atoms with E-state index in [0.717, 1.165) is 34.7 Å². The van der Waals surface area contributed by atoms with Gasteiger partial charge in [-0.25, -0.2) is 4.98 Å². The normalized spacial score (nSPS) is 17.5. The number of carbonyl (C=O) groups is 1. The molecule has 1 aliphatic rings. The number of hydrogen-bond acceptors (Lipinski definition) is 4. The summed E-state index contributed by atoms with van der Waals surface area (Å²) in [6, 6.07) is 15.7. The van der Waals surface area contributed by atoms with Crippen LogP contribution in [0, 0.1) is 0 Å². The van der Waals surface area contributed by atoms with Crippen LogP contribution in [0.15, 0.2) is 48.5 Å². The third-order valence-electron chi connectivity index (χ3n) is 4.24. The first-order valence-corrected chi connectivity index (χ1v) is 8.44. The molecule has 0 aliphatic carbocycles. The molecule has 128 valence electrons. The van der Waals surface area contributed by atoms with Crippen LogP contribution in [0.3, 0.4) is 0 Å². The fourth-order valence-corrected chi connectivity index (χ4v) is 3.02. The lowest BCUT2D eigenvalue weighted by atomic mass is 10.1. The molecular weight excluding hydrogens is 316 g/mol. The van der Waals surface area contributed by atoms with E-state index in [2.05, 4.69) is 20.6 Å². The summed E-state index contributed by atoms with van der Waals surface area (Å²) in [7, 11) is 0. The molecule has 1 aromatic heterocycles. The standard InChI is InChI=1S/C19H20N4O2/c24-18(11-15-12-25-9-8-20-15)21-14-5-3-4-13(10-14)19-22-16-6-1-2-7-17(16)23-19/h1-7,10,15,20H,8-9,11-12H2,(H,21,24)(H,22,23). The summed E-state index contributed by atoms with van der Waals surface area (Å²) in [6.45, 7) is 2.07. The van der Waals surface area contributed by atoms with Crippen LogP contribution in [0.4, 0.5) is 5.69 Å². The highest BCUT2D eigenvalue weighted by molar-refractivity contribution is 5.92. The van der Waals surface area contributed by atoms with Crippen molar-refractivity contribution in [2.45, 2.75) is 12.5 Å². The summed E-state index contributed by atoms with van der Waals surface area (Å²) in [5.41, 5.74) is 3.62. The Morgan fingerprint density at radius 1 is 1.24 bits per heavy atom. The van der Waals surface area contributed by atoms with Gasteiger partial charge in [0.15, 0.2) is 0 Å². The molecule has 1 amide bonds. The van der Waals surface area contributed by atoms with Gasteiger partial charge in [0.1, 0.15) is 5.82 Å². The second-order valence-corrected chi connectivity index (χ2v) is 6.16. The number of aromatic nitrogens is 2. The van der Waals surface area contributed by atoms with Crippen LogP contribution in [0.5, 0.6) is 0 Å². The Hall–Kier alpha value is -2.70. The Labute approximate surface area is 145 Å². The number of amides is 1. The molecule has 6 heteroatoms. The number of benzene rings is 2. The van der Waals surface area contributed by atoms with E-state index in [1.54, 1.807) is 0 Å². The molecule has 2 heterocycles. The van der Waals surface area contributed by atoms with Crippen molar-refractivity contribution in [2.24, 2.45) is 0 Å². The van der Waals surface area contributed by atoms with E-state index in [1.165, 1.54) is 0 Å². The van der Waals surface area contributed by atoms with E-state index < -0.39 is 0 Å². The Morgan fingerprint density at radius 2 is 2.16 bits per heavy atom. The largest absolute Gasteiger partial charge is 0.378 e. The van der Waals surface area contributed by atoms with Crippen LogP contribution < -0.4 is 10.6 Å². The van der Waals surface area contributed by atoms with E-state index in [-0.39, 0.29) is 11.9 Å². The average molecular weight is 336 g/mol. The van der Waals surface area contributed by atoms with E-state index in [4.69, 9.17) is 4.74 Å². The summed E-state index contributed by atoms with van der Waals surface area (Å²) < 4.78 is 5.38. The molecule has 1 unspecified atom stereocenters. The highest BCUT2D eigenvalue weighted by atomic mass is 16.5. The number of rotatable bonds is 4. The molecule has 1 saturated heterocycles. The van der Waals surface area contributed by atoms with Crippen LogP contribution in [-0.4, -0.2) is 41.7 Å². The molecule has 1 atom stereocenters. The molecule has 25 heavy (non-hydrogen) atoms. The minimum absolute atomic E-state index is 0.0234. The van der Waals surface area contributed by atoms with Gasteiger partial charge in [0.05, 0.1) is 24.2 Å². The van der Waals surface area contributed by atoms with Crippen LogP contribution >= 0.6 is 0 Å². The number of fused-ring (bicyclic) bond motifs is 1. The molecule has 6 nitrogen and oxygen atoms in total. The lowest BCUT2D eigenvalue weighted by Crippen LogP contribution is -2.43. The monoisotopic (exact) mass is 336 g/mol. The molecule has 1 fully saturated rings. The van der Waals surface area contributed by atoms with Crippen molar-refractivity contribution in [3.63, 3.8) is 0 Å². The number of nitrogens with one attached hydrogen (secondary N) is 3. The summed E-state index contributed by atoms with van der Waals surface area (Å²) in [6.07, 6.45) is 0.398. The van der Waals surface area contributed by atoms with Crippen molar-refractivity contribution < 1.29 is 9.53 Å². The lowest BCUT2D eigenvalue weighted by molar-refractivity contribution is -0.117. The van der Waals surface area contributed by atoms with Gasteiger partial charge in [-0.05, 0) is 24.3 Å². The predicted molar refractivity (Wildman–Crippen MR) is 97.4 cm³/mol. The highest BCUT2D eigenvalue weighted by Crippen LogP contribution is 2.23. The van der Waals surface area contributed by atoms with Gasteiger partial charge < -0.3 is 20.4 Å². The first-order valence-electron chi connectivity index (χ1n) is 8.44. The van der Waals surface area contributed by atoms with Crippen molar-refractivity contribution in [3.05, 3.63) is 48.5 Å². The summed E-state index contributed by atoms with van der Waals surface area (Å²) in [5, 5.41) is 6.24. The van der Waals surface area contributed by atoms with Gasteiger partial charge in [-0.1, -0.05) is 24.3 Å². The van der Waals surface area contributed by atoms with Gasteiger partial charge in [-0.3, -0.25) is 4.79 Å². The Bertz CT molecular complexity index is 851. The Morgan fingerprint density at radius 3 is 3.00 bits per heavy atom. The lowest BCUT2D eigenvalue weighted by Gasteiger charge is -2.23. The predicted octanol–water partition coefficient (Wildman–Crippen LogP) is 2.55. The number of para-hydroxylation sites is 2. The number of ether oxygens (including phenoxy) is 1. The maximum Gasteiger partial charge on any atom is 0.226 e. The fourth-order valence-electron chi connectivity index (χ4n) is 3.02. The van der Waals surface area contributed by atoms with E-state index in [1.807, 2.05) is 48.5 Å². The van der Waals surface area contributed by atoms with Gasteiger partial charge in [0, 0.05) is 30.3 Å². The Balaban J connectivity index is 1.48. The third-order valence-corrected chi connectivity index (χ3v) is 4.24. The molecule has 3 aromatic rings. The average Bonchev–Trinajstić information content (AvgIpc) is 3.07. The number of hydrogen-bond donors (Lipinski definition) is 3. The second kappa shape index (κ2) is 7.04. The van der Waals surface area contributed by atoms with Crippen molar-refractivity contribution in [2.75, 3.05) is 25.1 Å². The van der Waals surface area contributed by atoms with Crippen LogP contribution in [0.1, 0.15) is 6.42 Å². The quantitative estimate of drug-likeness (QED) is 0.684. The van der Waals surface area contributed by atoms with Gasteiger partial charge in [0.2, 0.25) is 5.91 Å². The van der Waals surface area contributed by atoms with Gasteiger partial charge in [0.25, 0.3) is 0 Å². The van der Waals surface area contributed by atoms with Gasteiger partial charge in [-0.15, -0.1) is 0 Å². The molecular formula is C19H20N4O2. The second-order valence-electron chi connectivity index (χ2n) is 6.16. The van der Waals surface area contributed by atoms with Crippen LogP contribution in [0.25, 0.3) is 22.4 Å². The van der Waals surface area contributed by atoms with Crippen LogP contribution in [-0.2, 0) is 9.53 Å². The van der Waals surface area contributed by atoms with Gasteiger partial charge in [-0.2, -0.15) is 0 Å². The Kier molecular flexibility index (Phi) is 4.45. The van der Waals surface area contributed by atoms with Crippen molar-refractivity contribution in [1.82, 2.24) is 15.3 Å². The zero-order valence-corrected chi connectivity index (χ0v) is 13.8. The number of aromatic amines is 1. The first-order chi connectivity index (χ1) is 12.3. The van der Waals surface area contributed by atoms with Gasteiger partial charge >= 0.3 is 0 Å². The van der Waals surface area contributed by atoms with Crippen molar-refractivity contribution in [3.8, 4) is 11.4 Å². The maximum atomic E-state index is 12.2. The molecule has 3 N–H and O–H groups in total. The maximum absolute atomic E-state index is 12.2. The van der Waals surface area contributed by atoms with Crippen LogP contribution in [0.2, 0.25) is 0 Å². The number of imidazole rings is 1. The van der Waals surface area contributed by atoms with Crippen molar-refractivity contribution >= 4 is 22.6 Å². The SMILES string of the molecule is O=C(CC1COCCN1)Nc1cccc(-c2nc3ccccc3[nH]2)c1. The first kappa shape index (κ1) is 15.8. The number of H-pyrrole nitrogens is 1. The summed E-state index contributed by atoms with van der Waals surface area (Å²) in [4.78, 5) is 20.1. The third kappa shape index (κ3) is 3.70. The molecule has 0 radical (unpaired) electrons. The minimum Gasteiger partial charge on any atom is -0.378 e.